The van der Waals surface area contributed by atoms with Crippen LogP contribution in [0.3, 0.4) is 0 Å². The highest BCUT2D eigenvalue weighted by Crippen LogP contribution is 2.32. The van der Waals surface area contributed by atoms with Gasteiger partial charge in [0.25, 0.3) is 5.56 Å². The standard InChI is InChI=1S/C26H40N6O5S/c1-7-11-21-23-24(30(5)29-21)26(33)28-25(27-23)20-18-19(12-13-22(20)37-10-4)38(34,35)32(16-17-36-6)15-14-31(8-2)9-3/h12-13,18H,7-11,14-17H2,1-6H3,(H,27,28,33). The van der Waals surface area contributed by atoms with Gasteiger partial charge < -0.3 is 19.4 Å². The lowest BCUT2D eigenvalue weighted by molar-refractivity contribution is 0.173. The van der Waals surface area contributed by atoms with Gasteiger partial charge in [0.15, 0.2) is 5.52 Å². The zero-order chi connectivity index (χ0) is 27.9. The molecule has 2 heterocycles. The molecule has 12 heteroatoms. The number of aromatic amines is 1. The van der Waals surface area contributed by atoms with E-state index in [2.05, 4.69) is 28.8 Å². The van der Waals surface area contributed by atoms with E-state index in [9.17, 15) is 13.2 Å². The molecule has 0 saturated carbocycles. The average molecular weight is 549 g/mol. The Morgan fingerprint density at radius 3 is 2.45 bits per heavy atom. The molecule has 0 spiro atoms. The van der Waals surface area contributed by atoms with Gasteiger partial charge in [-0.05, 0) is 44.6 Å². The van der Waals surface area contributed by atoms with Crippen LogP contribution in [0.2, 0.25) is 0 Å². The number of nitrogens with one attached hydrogen (secondary N) is 1. The van der Waals surface area contributed by atoms with Gasteiger partial charge in [-0.2, -0.15) is 9.40 Å². The fourth-order valence-electron chi connectivity index (χ4n) is 4.40. The van der Waals surface area contributed by atoms with Crippen molar-refractivity contribution >= 4 is 21.1 Å². The number of benzene rings is 1. The Morgan fingerprint density at radius 2 is 1.82 bits per heavy atom. The summed E-state index contributed by atoms with van der Waals surface area (Å²) in [6, 6.07) is 4.67. The van der Waals surface area contributed by atoms with Gasteiger partial charge in [-0.3, -0.25) is 9.48 Å². The molecule has 0 unspecified atom stereocenters. The maximum Gasteiger partial charge on any atom is 0.277 e. The molecule has 0 fully saturated rings. The number of nitrogens with zero attached hydrogens (tertiary/aromatic N) is 5. The molecule has 0 bridgehead atoms. The van der Waals surface area contributed by atoms with Gasteiger partial charge in [-0.25, -0.2) is 13.4 Å². The monoisotopic (exact) mass is 548 g/mol. The first-order valence-electron chi connectivity index (χ1n) is 13.2. The van der Waals surface area contributed by atoms with E-state index in [0.717, 1.165) is 25.2 Å². The minimum Gasteiger partial charge on any atom is -0.493 e. The molecule has 0 amide bonds. The Labute approximate surface area is 224 Å². The Bertz CT molecular complexity index is 1380. The first-order valence-corrected chi connectivity index (χ1v) is 14.6. The molecule has 0 aliphatic carbocycles. The van der Waals surface area contributed by atoms with Crippen LogP contribution >= 0.6 is 0 Å². The maximum atomic E-state index is 13.8. The van der Waals surface area contributed by atoms with E-state index in [1.807, 2.05) is 13.8 Å². The minimum absolute atomic E-state index is 0.0920. The van der Waals surface area contributed by atoms with Crippen LogP contribution in [0.25, 0.3) is 22.4 Å². The van der Waals surface area contributed by atoms with Crippen molar-refractivity contribution in [2.24, 2.45) is 7.05 Å². The fraction of sp³-hybridized carbons (Fsp3) is 0.577. The molecule has 1 aromatic carbocycles. The summed E-state index contributed by atoms with van der Waals surface area (Å²) >= 11 is 0. The molecule has 0 saturated heterocycles. The normalized spacial score (nSPS) is 12.2. The highest BCUT2D eigenvalue weighted by Gasteiger charge is 2.27. The number of aryl methyl sites for hydroxylation is 2. The Balaban J connectivity index is 2.13. The maximum absolute atomic E-state index is 13.8. The van der Waals surface area contributed by atoms with Gasteiger partial charge in [0.1, 0.15) is 17.1 Å². The van der Waals surface area contributed by atoms with E-state index in [1.165, 1.54) is 21.1 Å². The number of rotatable bonds is 15. The van der Waals surface area contributed by atoms with Crippen LogP contribution in [0.4, 0.5) is 0 Å². The van der Waals surface area contributed by atoms with Crippen LogP contribution in [-0.2, 0) is 28.2 Å². The molecule has 38 heavy (non-hydrogen) atoms. The molecule has 0 aliphatic heterocycles. The first kappa shape index (κ1) is 29.8. The SMILES string of the molecule is CCCc1nn(C)c2c(=O)[nH]c(-c3cc(S(=O)(=O)N(CCOC)CCN(CC)CC)ccc3OCC)nc12. The summed E-state index contributed by atoms with van der Waals surface area (Å²) in [6.45, 7) is 11.4. The van der Waals surface area contributed by atoms with Crippen molar-refractivity contribution in [3.63, 3.8) is 0 Å². The van der Waals surface area contributed by atoms with Gasteiger partial charge in [0, 0.05) is 33.8 Å². The van der Waals surface area contributed by atoms with Crippen molar-refractivity contribution in [1.29, 1.82) is 0 Å². The largest absolute Gasteiger partial charge is 0.493 e. The van der Waals surface area contributed by atoms with Crippen LogP contribution in [0.1, 0.15) is 39.8 Å². The molecule has 1 N–H and O–H groups in total. The second kappa shape index (κ2) is 13.3. The Hall–Kier alpha value is -2.80. The van der Waals surface area contributed by atoms with E-state index in [1.54, 1.807) is 20.2 Å². The third-order valence-corrected chi connectivity index (χ3v) is 8.39. The van der Waals surface area contributed by atoms with Gasteiger partial charge in [0.05, 0.1) is 29.4 Å². The molecule has 0 atom stereocenters. The van der Waals surface area contributed by atoms with Crippen molar-refractivity contribution in [1.82, 2.24) is 29.0 Å². The van der Waals surface area contributed by atoms with Crippen molar-refractivity contribution < 1.29 is 17.9 Å². The molecular weight excluding hydrogens is 508 g/mol. The Morgan fingerprint density at radius 1 is 1.08 bits per heavy atom. The van der Waals surface area contributed by atoms with Crippen molar-refractivity contribution in [2.75, 3.05) is 53.0 Å². The van der Waals surface area contributed by atoms with Crippen LogP contribution in [-0.4, -0.2) is 90.4 Å². The third-order valence-electron chi connectivity index (χ3n) is 6.50. The topological polar surface area (TPSA) is 123 Å². The summed E-state index contributed by atoms with van der Waals surface area (Å²) < 4.78 is 41.6. The van der Waals surface area contributed by atoms with Crippen molar-refractivity contribution in [3.05, 3.63) is 34.2 Å². The van der Waals surface area contributed by atoms with E-state index in [-0.39, 0.29) is 29.4 Å². The lowest BCUT2D eigenvalue weighted by atomic mass is 10.1. The summed E-state index contributed by atoms with van der Waals surface area (Å²) in [6.07, 6.45) is 1.51. The predicted molar refractivity (Wildman–Crippen MR) is 148 cm³/mol. The molecule has 0 aliphatic rings. The number of methoxy groups -OCH3 is 1. The van der Waals surface area contributed by atoms with Gasteiger partial charge >= 0.3 is 0 Å². The number of ether oxygens (including phenoxy) is 2. The minimum atomic E-state index is -3.88. The third kappa shape index (κ3) is 6.42. The second-order valence-corrected chi connectivity index (χ2v) is 10.9. The summed E-state index contributed by atoms with van der Waals surface area (Å²) in [7, 11) is -0.617. The van der Waals surface area contributed by atoms with Crippen molar-refractivity contribution in [2.45, 2.75) is 45.4 Å². The first-order chi connectivity index (χ1) is 18.2. The van der Waals surface area contributed by atoms with Gasteiger partial charge in [-0.1, -0.05) is 27.2 Å². The summed E-state index contributed by atoms with van der Waals surface area (Å²) in [5, 5.41) is 4.48. The molecule has 3 rings (SSSR count). The molecular formula is C26H40N6O5S. The van der Waals surface area contributed by atoms with Gasteiger partial charge in [-0.15, -0.1) is 0 Å². The molecule has 3 aromatic rings. The van der Waals surface area contributed by atoms with E-state index in [0.29, 0.717) is 48.5 Å². The zero-order valence-electron chi connectivity index (χ0n) is 23.3. The van der Waals surface area contributed by atoms with Crippen LogP contribution < -0.4 is 10.3 Å². The number of H-pyrrole nitrogens is 1. The number of sulfonamides is 1. The summed E-state index contributed by atoms with van der Waals surface area (Å²) in [5.74, 6) is 0.668. The smallest absolute Gasteiger partial charge is 0.277 e. The molecule has 0 radical (unpaired) electrons. The van der Waals surface area contributed by atoms with Crippen LogP contribution in [0, 0.1) is 0 Å². The van der Waals surface area contributed by atoms with E-state index < -0.39 is 10.0 Å². The van der Waals surface area contributed by atoms with E-state index in [4.69, 9.17) is 14.5 Å². The second-order valence-electron chi connectivity index (χ2n) is 8.95. The average Bonchev–Trinajstić information content (AvgIpc) is 3.22. The fourth-order valence-corrected chi connectivity index (χ4v) is 5.84. The molecule has 2 aromatic heterocycles. The quantitative estimate of drug-likeness (QED) is 0.308. The lowest BCUT2D eigenvalue weighted by Gasteiger charge is -2.26. The molecule has 210 valence electrons. The zero-order valence-corrected chi connectivity index (χ0v) is 24.1. The summed E-state index contributed by atoms with van der Waals surface area (Å²) in [5.41, 5.74) is 1.65. The summed E-state index contributed by atoms with van der Waals surface area (Å²) in [4.78, 5) is 22.9. The predicted octanol–water partition coefficient (Wildman–Crippen LogP) is 2.65. The van der Waals surface area contributed by atoms with Gasteiger partial charge in [0.2, 0.25) is 10.0 Å². The van der Waals surface area contributed by atoms with Crippen LogP contribution in [0.5, 0.6) is 5.75 Å². The number of hydrogen-bond donors (Lipinski definition) is 1. The van der Waals surface area contributed by atoms with E-state index >= 15 is 0 Å². The van der Waals surface area contributed by atoms with Crippen molar-refractivity contribution in [3.8, 4) is 17.1 Å². The number of likely N-dealkylation sites (N-methyl/N-ethyl adjacent to an activating group) is 1. The number of fused-ring (bicyclic) bond motifs is 1. The number of aromatic nitrogens is 4. The number of hydrogen-bond acceptors (Lipinski definition) is 8. The van der Waals surface area contributed by atoms with Crippen LogP contribution in [0.15, 0.2) is 27.9 Å². The highest BCUT2D eigenvalue weighted by atomic mass is 32.2. The Kier molecular flexibility index (Phi) is 10.4. The lowest BCUT2D eigenvalue weighted by Crippen LogP contribution is -2.40. The molecule has 11 nitrogen and oxygen atoms in total. The highest BCUT2D eigenvalue weighted by molar-refractivity contribution is 7.89.